The molecule has 0 aromatic heterocycles. The molecule has 0 atom stereocenters. The number of aryl methyl sites for hydroxylation is 6. The van der Waals surface area contributed by atoms with Gasteiger partial charge in [-0.25, -0.2) is 12.1 Å². The van der Waals surface area contributed by atoms with Crippen LogP contribution in [0, 0.1) is 56.4 Å². The molecule has 0 aliphatic heterocycles. The molecule has 0 saturated heterocycles. The summed E-state index contributed by atoms with van der Waals surface area (Å²) in [5.74, 6) is 0. The van der Waals surface area contributed by atoms with Crippen molar-refractivity contribution in [2.75, 3.05) is 0 Å². The fraction of sp³-hybridized carbons (Fsp3) is 0.333. The van der Waals surface area contributed by atoms with Crippen LogP contribution >= 0.6 is 17.0 Å². The number of hydrogen-bond donors (Lipinski definition) is 0. The molecule has 0 fully saturated rings. The summed E-state index contributed by atoms with van der Waals surface area (Å²) in [5, 5.41) is 0. The molecule has 4 heteroatoms. The maximum absolute atomic E-state index is 5.25. The van der Waals surface area contributed by atoms with Gasteiger partial charge in [-0.05, 0) is 0 Å². The zero-order valence-corrected chi connectivity index (χ0v) is 20.7. The number of rotatable bonds is 0. The van der Waals surface area contributed by atoms with Gasteiger partial charge in [0.1, 0.15) is 0 Å². The summed E-state index contributed by atoms with van der Waals surface area (Å²) < 4.78 is 0. The third-order valence-corrected chi connectivity index (χ3v) is 3.02. The van der Waals surface area contributed by atoms with Gasteiger partial charge in [-0.2, -0.15) is 45.5 Å². The first-order chi connectivity index (χ1) is 9.13. The van der Waals surface area contributed by atoms with Crippen LogP contribution in [-0.4, -0.2) is 6.88 Å². The Morgan fingerprint density at radius 3 is 1.05 bits per heavy atom. The second kappa shape index (κ2) is 13.8. The van der Waals surface area contributed by atoms with Crippen LogP contribution in [0.15, 0.2) is 24.3 Å². The van der Waals surface area contributed by atoms with E-state index in [4.69, 9.17) is 17.0 Å². The average Bonchev–Trinajstić information content (AvgIpc) is 2.70. The van der Waals surface area contributed by atoms with Crippen LogP contribution in [0.4, 0.5) is 0 Å². The van der Waals surface area contributed by atoms with Gasteiger partial charge in [0.2, 0.25) is 0 Å². The third-order valence-electron chi connectivity index (χ3n) is 3.02. The van der Waals surface area contributed by atoms with Crippen LogP contribution in [0.5, 0.6) is 0 Å². The summed E-state index contributed by atoms with van der Waals surface area (Å²) in [5.41, 5.74) is 8.37. The zero-order valence-electron chi connectivity index (χ0n) is 15.3. The minimum absolute atomic E-state index is 0. The van der Waals surface area contributed by atoms with Gasteiger partial charge in [-0.1, -0.05) is 41.5 Å². The summed E-state index contributed by atoms with van der Waals surface area (Å²) in [6.07, 6.45) is 0. The molecule has 22 heavy (non-hydrogen) atoms. The summed E-state index contributed by atoms with van der Waals surface area (Å²) in [7, 11) is 10.5. The standard InChI is InChI=1S/2C8H11.2CH3.2ClH.H2Si.Zr/c2*1-6-4-7(2)8(3)5-6;;;;;;/h2*4-5H,1-3H3;2*1H3;2*1H;1H2;/q4*-1;;;;+2/p-2. The normalized spacial score (nSPS) is 8.36. The first-order valence-corrected chi connectivity index (χ1v) is 18.8. The van der Waals surface area contributed by atoms with Crippen LogP contribution in [0.25, 0.3) is 0 Å². The van der Waals surface area contributed by atoms with E-state index in [0.717, 1.165) is 0 Å². The molecular formula is C18H30Cl2SiZr-4. The molecule has 0 bridgehead atoms. The van der Waals surface area contributed by atoms with E-state index < -0.39 is 18.0 Å². The van der Waals surface area contributed by atoms with E-state index in [0.29, 0.717) is 0 Å². The Kier molecular flexibility index (Phi) is 17.1. The molecule has 0 saturated carbocycles. The predicted molar refractivity (Wildman–Crippen MR) is 106 cm³/mol. The van der Waals surface area contributed by atoms with Crippen LogP contribution in [0.1, 0.15) is 33.4 Å². The van der Waals surface area contributed by atoms with Crippen LogP contribution in [0.2, 0.25) is 0 Å². The second-order valence-corrected chi connectivity index (χ2v) is 22.8. The van der Waals surface area contributed by atoms with Crippen molar-refractivity contribution in [3.05, 3.63) is 72.5 Å². The molecule has 0 aliphatic carbocycles. The van der Waals surface area contributed by atoms with E-state index in [1.807, 2.05) is 0 Å². The van der Waals surface area contributed by atoms with E-state index in [1.54, 1.807) is 6.88 Å². The molecule has 0 N–H and O–H groups in total. The molecule has 0 unspecified atom stereocenters. The van der Waals surface area contributed by atoms with E-state index in [9.17, 15) is 0 Å². The Morgan fingerprint density at radius 2 is 1.00 bits per heavy atom. The van der Waals surface area contributed by atoms with Gasteiger partial charge in [-0.15, -0.1) is 0 Å². The van der Waals surface area contributed by atoms with E-state index >= 15 is 0 Å². The Balaban J connectivity index is -0.000000249. The fourth-order valence-corrected chi connectivity index (χ4v) is 1.90. The predicted octanol–water partition coefficient (Wildman–Crippen LogP) is 6.02. The van der Waals surface area contributed by atoms with Gasteiger partial charge in [0.05, 0.1) is 0 Å². The maximum atomic E-state index is 5.25. The van der Waals surface area contributed by atoms with Crippen LogP contribution < -0.4 is 0 Å². The monoisotopic (exact) mass is 434 g/mol. The van der Waals surface area contributed by atoms with E-state index in [1.165, 1.54) is 33.4 Å². The van der Waals surface area contributed by atoms with Gasteiger partial charge in [0, 0.05) is 0 Å². The van der Waals surface area contributed by atoms with Gasteiger partial charge in [0.25, 0.3) is 0 Å². The van der Waals surface area contributed by atoms with Crippen LogP contribution in [0.3, 0.4) is 0 Å². The third kappa shape index (κ3) is 12.9. The van der Waals surface area contributed by atoms with Gasteiger partial charge in [0.15, 0.2) is 0 Å². The van der Waals surface area contributed by atoms with Crippen molar-refractivity contribution in [3.8, 4) is 0 Å². The average molecular weight is 437 g/mol. The Hall–Kier alpha value is 0.380. The first-order valence-electron chi connectivity index (χ1n) is 6.54. The fourth-order valence-electron chi connectivity index (χ4n) is 1.90. The topological polar surface area (TPSA) is 0 Å². The van der Waals surface area contributed by atoms with Crippen molar-refractivity contribution in [1.82, 2.24) is 0 Å². The van der Waals surface area contributed by atoms with Crippen molar-refractivity contribution < 1.29 is 18.0 Å². The Bertz CT molecular complexity index is 466. The van der Waals surface area contributed by atoms with Crippen molar-refractivity contribution in [3.63, 3.8) is 0 Å². The van der Waals surface area contributed by atoms with E-state index in [2.05, 4.69) is 65.8 Å². The molecule has 0 amide bonds. The summed E-state index contributed by atoms with van der Waals surface area (Å²) >= 11 is -1.57. The molecule has 2 aromatic carbocycles. The Morgan fingerprint density at radius 1 is 0.773 bits per heavy atom. The van der Waals surface area contributed by atoms with Crippen molar-refractivity contribution >= 4 is 23.9 Å². The van der Waals surface area contributed by atoms with Crippen molar-refractivity contribution in [2.24, 2.45) is 0 Å². The van der Waals surface area contributed by atoms with Crippen LogP contribution in [-0.2, 0) is 18.0 Å². The molecular weight excluding hydrogens is 406 g/mol. The SMILES string of the molecule is Cc1cc(C)c(C)[cH-]1.Cc1cc(C)c(C)[cH-]1.[CH3-].[CH3-].[SiH2]=[Zr]([Cl])[Cl]. The minimum atomic E-state index is -1.57. The summed E-state index contributed by atoms with van der Waals surface area (Å²) in [4.78, 5) is 0. The number of halogens is 2. The van der Waals surface area contributed by atoms with Gasteiger partial charge >= 0.3 is 41.9 Å². The zero-order chi connectivity index (χ0) is 15.9. The molecule has 0 spiro atoms. The number of hydrogen-bond acceptors (Lipinski definition) is 0. The molecule has 2 aromatic rings. The first kappa shape index (κ1) is 27.2. The Labute approximate surface area is 155 Å². The summed E-state index contributed by atoms with van der Waals surface area (Å²) in [6.45, 7) is 14.5. The molecule has 0 aliphatic rings. The second-order valence-electron chi connectivity index (χ2n) is 5.14. The quantitative estimate of drug-likeness (QED) is 0.350. The van der Waals surface area contributed by atoms with Crippen molar-refractivity contribution in [2.45, 2.75) is 41.5 Å². The van der Waals surface area contributed by atoms with Crippen molar-refractivity contribution in [1.29, 1.82) is 0 Å². The molecule has 0 nitrogen and oxygen atoms in total. The molecule has 0 radical (unpaired) electrons. The van der Waals surface area contributed by atoms with Gasteiger partial charge < -0.3 is 14.9 Å². The molecule has 2 rings (SSSR count). The molecule has 128 valence electrons. The van der Waals surface area contributed by atoms with E-state index in [-0.39, 0.29) is 14.9 Å². The summed E-state index contributed by atoms with van der Waals surface area (Å²) in [6, 6.07) is 8.81. The molecule has 0 heterocycles. The van der Waals surface area contributed by atoms with Gasteiger partial charge in [-0.3, -0.25) is 0 Å².